The van der Waals surface area contributed by atoms with Crippen molar-refractivity contribution in [1.29, 1.82) is 0 Å². The van der Waals surface area contributed by atoms with Crippen LogP contribution in [-0.2, 0) is 21.0 Å². The summed E-state index contributed by atoms with van der Waals surface area (Å²) in [5.41, 5.74) is 6.95. The lowest BCUT2D eigenvalue weighted by atomic mass is 10.1. The molecule has 2 rings (SSSR count). The van der Waals surface area contributed by atoms with E-state index >= 15 is 0 Å². The zero-order chi connectivity index (χ0) is 19.4. The van der Waals surface area contributed by atoms with Gasteiger partial charge in [-0.25, -0.2) is 9.78 Å². The molecule has 0 saturated heterocycles. The molecule has 1 aromatic heterocycles. The molecule has 0 fully saturated rings. The van der Waals surface area contributed by atoms with Crippen molar-refractivity contribution in [2.45, 2.75) is 20.8 Å². The smallest absolute Gasteiger partial charge is 0.357 e. The lowest BCUT2D eigenvalue weighted by Gasteiger charge is -2.14. The second-order valence-electron chi connectivity index (χ2n) is 5.15. The van der Waals surface area contributed by atoms with E-state index in [-0.39, 0.29) is 22.9 Å². The third-order valence-electron chi connectivity index (χ3n) is 3.01. The molecule has 26 heavy (non-hydrogen) atoms. The molecule has 0 spiro atoms. The SMILES string of the molecule is CC(=O)N=c1c(OS(=O)O)c(-c2ccc(C)cc2)nc(N)n1OC(C)=O. The number of hydrogen-bond donors (Lipinski definition) is 2. The molecule has 1 heterocycles. The molecule has 0 aliphatic heterocycles. The van der Waals surface area contributed by atoms with Crippen LogP contribution in [0.25, 0.3) is 11.3 Å². The summed E-state index contributed by atoms with van der Waals surface area (Å²) < 4.78 is 26.0. The summed E-state index contributed by atoms with van der Waals surface area (Å²) >= 11 is -2.76. The van der Waals surface area contributed by atoms with Crippen LogP contribution < -0.4 is 20.2 Å². The van der Waals surface area contributed by atoms with Gasteiger partial charge in [0.1, 0.15) is 5.69 Å². The Balaban J connectivity index is 2.90. The number of aromatic nitrogens is 2. The minimum absolute atomic E-state index is 0.0494. The van der Waals surface area contributed by atoms with Gasteiger partial charge >= 0.3 is 17.3 Å². The summed E-state index contributed by atoms with van der Waals surface area (Å²) in [6.07, 6.45) is 0. The van der Waals surface area contributed by atoms with Gasteiger partial charge < -0.3 is 14.8 Å². The van der Waals surface area contributed by atoms with Crippen LogP contribution >= 0.6 is 0 Å². The van der Waals surface area contributed by atoms with E-state index in [4.69, 9.17) is 19.3 Å². The van der Waals surface area contributed by atoms with Crippen LogP contribution in [0.5, 0.6) is 5.75 Å². The number of nitrogens with zero attached hydrogens (tertiary/aromatic N) is 3. The van der Waals surface area contributed by atoms with Crippen molar-refractivity contribution in [3.63, 3.8) is 0 Å². The van der Waals surface area contributed by atoms with Gasteiger partial charge in [-0.3, -0.25) is 9.35 Å². The summed E-state index contributed by atoms with van der Waals surface area (Å²) in [6, 6.07) is 6.92. The Labute approximate surface area is 150 Å². The molecular weight excluding hydrogens is 364 g/mol. The lowest BCUT2D eigenvalue weighted by Crippen LogP contribution is -2.35. The number of anilines is 1. The van der Waals surface area contributed by atoms with E-state index in [2.05, 4.69) is 9.98 Å². The summed E-state index contributed by atoms with van der Waals surface area (Å²) in [6.45, 7) is 4.12. The molecule has 1 aromatic carbocycles. The number of hydrogen-bond acceptors (Lipinski definition) is 7. The van der Waals surface area contributed by atoms with E-state index in [0.717, 1.165) is 19.4 Å². The fourth-order valence-electron chi connectivity index (χ4n) is 2.04. The third-order valence-corrected chi connectivity index (χ3v) is 3.32. The van der Waals surface area contributed by atoms with E-state index in [9.17, 15) is 13.8 Å². The molecule has 1 atom stereocenters. The van der Waals surface area contributed by atoms with Crippen molar-refractivity contribution < 1.29 is 27.4 Å². The van der Waals surface area contributed by atoms with Gasteiger partial charge in [0.2, 0.25) is 23.1 Å². The second-order valence-corrected chi connectivity index (χ2v) is 5.75. The van der Waals surface area contributed by atoms with Crippen LogP contribution in [0.3, 0.4) is 0 Å². The molecular formula is C15H16N4O6S. The van der Waals surface area contributed by atoms with Crippen LogP contribution in [0.2, 0.25) is 0 Å². The first-order valence-corrected chi connectivity index (χ1v) is 8.25. The van der Waals surface area contributed by atoms with E-state index in [1.807, 2.05) is 6.92 Å². The van der Waals surface area contributed by atoms with Crippen molar-refractivity contribution in [1.82, 2.24) is 9.71 Å². The Morgan fingerprint density at radius 1 is 1.27 bits per heavy atom. The van der Waals surface area contributed by atoms with Gasteiger partial charge in [-0.2, -0.15) is 9.20 Å². The highest BCUT2D eigenvalue weighted by Gasteiger charge is 2.21. The molecule has 1 unspecified atom stereocenters. The molecule has 0 saturated carbocycles. The van der Waals surface area contributed by atoms with Crippen LogP contribution in [0.4, 0.5) is 5.95 Å². The van der Waals surface area contributed by atoms with Gasteiger partial charge in [-0.05, 0) is 6.92 Å². The summed E-state index contributed by atoms with van der Waals surface area (Å²) in [5, 5.41) is 0. The van der Waals surface area contributed by atoms with E-state index in [1.165, 1.54) is 0 Å². The number of nitrogen functional groups attached to an aromatic ring is 1. The van der Waals surface area contributed by atoms with E-state index in [0.29, 0.717) is 10.3 Å². The fraction of sp³-hybridized carbons (Fsp3) is 0.200. The quantitative estimate of drug-likeness (QED) is 0.724. The summed E-state index contributed by atoms with van der Waals surface area (Å²) in [5.74, 6) is -2.12. The zero-order valence-corrected chi connectivity index (χ0v) is 14.9. The van der Waals surface area contributed by atoms with E-state index < -0.39 is 23.2 Å². The molecule has 3 N–H and O–H groups in total. The maximum absolute atomic E-state index is 11.5. The monoisotopic (exact) mass is 380 g/mol. The van der Waals surface area contributed by atoms with Crippen molar-refractivity contribution in [2.24, 2.45) is 4.99 Å². The van der Waals surface area contributed by atoms with E-state index in [1.54, 1.807) is 24.3 Å². The second kappa shape index (κ2) is 7.89. The molecule has 10 nitrogen and oxygen atoms in total. The summed E-state index contributed by atoms with van der Waals surface area (Å²) in [4.78, 5) is 35.5. The molecule has 138 valence electrons. The largest absolute Gasteiger partial charge is 0.374 e. The number of benzene rings is 1. The Morgan fingerprint density at radius 3 is 2.38 bits per heavy atom. The van der Waals surface area contributed by atoms with Gasteiger partial charge in [0.05, 0.1) is 0 Å². The minimum Gasteiger partial charge on any atom is -0.374 e. The Kier molecular flexibility index (Phi) is 5.85. The molecule has 0 bridgehead atoms. The normalized spacial score (nSPS) is 12.5. The predicted octanol–water partition coefficient (Wildman–Crippen LogP) is 0.379. The van der Waals surface area contributed by atoms with Crippen LogP contribution in [0, 0.1) is 6.92 Å². The average molecular weight is 380 g/mol. The number of amides is 1. The highest BCUT2D eigenvalue weighted by Crippen LogP contribution is 2.26. The van der Waals surface area contributed by atoms with Crippen LogP contribution in [0.1, 0.15) is 19.4 Å². The average Bonchev–Trinajstić information content (AvgIpc) is 2.53. The Hall–Kier alpha value is -3.05. The van der Waals surface area contributed by atoms with Crippen molar-refractivity contribution in [3.8, 4) is 17.0 Å². The number of aryl methyl sites for hydroxylation is 1. The third kappa shape index (κ3) is 4.52. The Morgan fingerprint density at radius 2 is 1.88 bits per heavy atom. The number of nitrogens with two attached hydrogens (primary N) is 1. The van der Waals surface area contributed by atoms with Gasteiger partial charge in [-0.15, -0.1) is 4.73 Å². The van der Waals surface area contributed by atoms with Gasteiger partial charge in [0, 0.05) is 19.4 Å². The molecule has 2 aromatic rings. The zero-order valence-electron chi connectivity index (χ0n) is 14.1. The maximum Gasteiger partial charge on any atom is 0.357 e. The van der Waals surface area contributed by atoms with Crippen LogP contribution in [0.15, 0.2) is 29.3 Å². The number of rotatable bonds is 4. The van der Waals surface area contributed by atoms with Crippen molar-refractivity contribution >= 4 is 29.2 Å². The first-order valence-electron chi connectivity index (χ1n) is 7.22. The summed E-state index contributed by atoms with van der Waals surface area (Å²) in [7, 11) is 0. The van der Waals surface area contributed by atoms with Gasteiger partial charge in [0.15, 0.2) is 0 Å². The molecule has 0 aliphatic carbocycles. The molecule has 0 aliphatic rings. The maximum atomic E-state index is 11.5. The minimum atomic E-state index is -2.76. The van der Waals surface area contributed by atoms with Gasteiger partial charge in [-0.1, -0.05) is 29.8 Å². The number of carbonyl (C=O) groups is 2. The molecule has 11 heteroatoms. The highest BCUT2D eigenvalue weighted by atomic mass is 32.2. The topological polar surface area (TPSA) is 146 Å². The first kappa shape index (κ1) is 19.3. The standard InChI is InChI=1S/C15H16N4O6S/c1-8-4-6-11(7-5-8)12-13(25-26(22)23)14(17-9(2)20)19(15(16)18-12)24-10(3)21/h4-7H,1-3H3,(H2,16,18)(H,22,23). The fourth-order valence-corrected chi connectivity index (χ4v) is 2.33. The molecule has 0 radical (unpaired) electrons. The van der Waals surface area contributed by atoms with Crippen molar-refractivity contribution in [3.05, 3.63) is 35.3 Å². The molecule has 1 amide bonds. The highest BCUT2D eigenvalue weighted by molar-refractivity contribution is 7.74. The Bertz CT molecular complexity index is 952. The van der Waals surface area contributed by atoms with Gasteiger partial charge in [0.25, 0.3) is 0 Å². The first-order chi connectivity index (χ1) is 12.2. The predicted molar refractivity (Wildman–Crippen MR) is 91.7 cm³/mol. The van der Waals surface area contributed by atoms with Crippen LogP contribution in [-0.4, -0.2) is 30.4 Å². The lowest BCUT2D eigenvalue weighted by molar-refractivity contribution is -0.142. The van der Waals surface area contributed by atoms with Crippen molar-refractivity contribution in [2.75, 3.05) is 5.73 Å². The number of carbonyl (C=O) groups excluding carboxylic acids is 2.